The van der Waals surface area contributed by atoms with Crippen molar-refractivity contribution in [1.82, 2.24) is 14.8 Å². The Bertz CT molecular complexity index is 426. The minimum atomic E-state index is -4.66. The average molecular weight is 271 g/mol. The average Bonchev–Trinajstić information content (AvgIpc) is 2.54. The number of aromatic amines is 1. The van der Waals surface area contributed by atoms with E-state index >= 15 is 0 Å². The van der Waals surface area contributed by atoms with Crippen LogP contribution >= 0.6 is 11.8 Å². The number of halogens is 3. The first-order valence-electron chi connectivity index (χ1n) is 4.78. The van der Waals surface area contributed by atoms with Crippen molar-refractivity contribution >= 4 is 11.8 Å². The van der Waals surface area contributed by atoms with Crippen LogP contribution < -0.4 is 5.69 Å². The molecule has 5 nitrogen and oxygen atoms in total. The number of aromatic nitrogens is 3. The first-order chi connectivity index (χ1) is 7.73. The van der Waals surface area contributed by atoms with Crippen LogP contribution in [0.3, 0.4) is 0 Å². The molecule has 2 N–H and O–H groups in total. The van der Waals surface area contributed by atoms with Gasteiger partial charge in [0.15, 0.2) is 11.3 Å². The maximum atomic E-state index is 12.1. The smallest absolute Gasteiger partial charge is 0.383 e. The van der Waals surface area contributed by atoms with Crippen LogP contribution in [0.2, 0.25) is 0 Å². The number of alkyl halides is 3. The molecule has 0 aliphatic heterocycles. The summed E-state index contributed by atoms with van der Waals surface area (Å²) in [4.78, 5) is 11.3. The summed E-state index contributed by atoms with van der Waals surface area (Å²) in [7, 11) is 0. The van der Waals surface area contributed by atoms with Gasteiger partial charge >= 0.3 is 11.9 Å². The van der Waals surface area contributed by atoms with Gasteiger partial charge in [0, 0.05) is 11.8 Å². The molecule has 1 unspecified atom stereocenters. The lowest BCUT2D eigenvalue weighted by molar-refractivity contribution is -0.195. The number of nitrogens with one attached hydrogen (secondary N) is 1. The zero-order valence-corrected chi connectivity index (χ0v) is 9.97. The molecule has 0 saturated carbocycles. The number of H-pyrrole nitrogens is 1. The molecule has 0 fully saturated rings. The van der Waals surface area contributed by atoms with Gasteiger partial charge in [-0.15, -0.1) is 5.10 Å². The highest BCUT2D eigenvalue weighted by atomic mass is 32.2. The first-order valence-corrected chi connectivity index (χ1v) is 5.76. The minimum Gasteiger partial charge on any atom is -0.383 e. The normalized spacial score (nSPS) is 14.3. The summed E-state index contributed by atoms with van der Waals surface area (Å²) in [5.74, 6) is -0.597. The molecule has 1 heterocycles. The lowest BCUT2D eigenvalue weighted by atomic mass is 10.4. The number of aliphatic hydroxyl groups is 1. The molecule has 0 bridgehead atoms. The standard InChI is InChI=1S/C8H12F3N3O2S/c1-4(2)14-6(16)12-13-7(14)17-3-5(15)8(9,10)11/h4-5,15H,3H2,1-2H3,(H,12,16). The van der Waals surface area contributed by atoms with Crippen molar-refractivity contribution in [3.05, 3.63) is 10.5 Å². The molecule has 0 aliphatic carbocycles. The van der Waals surface area contributed by atoms with Gasteiger partial charge in [-0.25, -0.2) is 9.89 Å². The Morgan fingerprint density at radius 1 is 1.53 bits per heavy atom. The Labute approximate surface area is 99.0 Å². The highest BCUT2D eigenvalue weighted by molar-refractivity contribution is 7.99. The van der Waals surface area contributed by atoms with Crippen molar-refractivity contribution in [3.63, 3.8) is 0 Å². The van der Waals surface area contributed by atoms with Crippen LogP contribution in [0.5, 0.6) is 0 Å². The molecule has 0 aliphatic rings. The maximum absolute atomic E-state index is 12.1. The number of hydrogen-bond donors (Lipinski definition) is 2. The third-order valence-corrected chi connectivity index (χ3v) is 2.97. The molecule has 17 heavy (non-hydrogen) atoms. The molecule has 1 aromatic heterocycles. The number of rotatable bonds is 4. The van der Waals surface area contributed by atoms with Crippen molar-refractivity contribution in [1.29, 1.82) is 0 Å². The van der Waals surface area contributed by atoms with Gasteiger partial charge in [-0.1, -0.05) is 11.8 Å². The lowest BCUT2D eigenvalue weighted by Gasteiger charge is -2.14. The van der Waals surface area contributed by atoms with Crippen molar-refractivity contribution in [3.8, 4) is 0 Å². The molecule has 0 amide bonds. The van der Waals surface area contributed by atoms with E-state index in [0.717, 1.165) is 0 Å². The van der Waals surface area contributed by atoms with E-state index in [1.165, 1.54) is 4.57 Å². The highest BCUT2D eigenvalue weighted by Crippen LogP contribution is 2.26. The van der Waals surface area contributed by atoms with Crippen LogP contribution in [-0.2, 0) is 0 Å². The number of aliphatic hydroxyl groups excluding tert-OH is 1. The molecule has 0 spiro atoms. The van der Waals surface area contributed by atoms with Gasteiger partial charge in [0.2, 0.25) is 0 Å². The van der Waals surface area contributed by atoms with Gasteiger partial charge in [-0.3, -0.25) is 4.57 Å². The van der Waals surface area contributed by atoms with E-state index in [1.807, 2.05) is 0 Å². The third kappa shape index (κ3) is 3.50. The largest absolute Gasteiger partial charge is 0.415 e. The van der Waals surface area contributed by atoms with Crippen LogP contribution in [0.1, 0.15) is 19.9 Å². The maximum Gasteiger partial charge on any atom is 0.415 e. The highest BCUT2D eigenvalue weighted by Gasteiger charge is 2.38. The summed E-state index contributed by atoms with van der Waals surface area (Å²) in [6, 6.07) is -0.216. The van der Waals surface area contributed by atoms with Crippen LogP contribution in [0.15, 0.2) is 9.95 Å². The summed E-state index contributed by atoms with van der Waals surface area (Å²) < 4.78 is 37.4. The minimum absolute atomic E-state index is 0.133. The summed E-state index contributed by atoms with van der Waals surface area (Å²) in [5, 5.41) is 14.7. The number of nitrogens with zero attached hydrogens (tertiary/aromatic N) is 2. The second kappa shape index (κ2) is 5.13. The van der Waals surface area contributed by atoms with E-state index in [-0.39, 0.29) is 11.2 Å². The SMILES string of the molecule is CC(C)n1c(SCC(O)C(F)(F)F)n[nH]c1=O. The third-order valence-electron chi connectivity index (χ3n) is 1.94. The number of thioether (sulfide) groups is 1. The van der Waals surface area contributed by atoms with E-state index in [4.69, 9.17) is 5.11 Å². The van der Waals surface area contributed by atoms with Gasteiger partial charge in [0.25, 0.3) is 0 Å². The fourth-order valence-corrected chi connectivity index (χ4v) is 2.13. The van der Waals surface area contributed by atoms with E-state index in [9.17, 15) is 18.0 Å². The molecule has 1 atom stereocenters. The summed E-state index contributed by atoms with van der Waals surface area (Å²) in [6.07, 6.45) is -7.09. The zero-order chi connectivity index (χ0) is 13.2. The summed E-state index contributed by atoms with van der Waals surface area (Å²) in [6.45, 7) is 3.42. The van der Waals surface area contributed by atoms with Crippen molar-refractivity contribution < 1.29 is 18.3 Å². The summed E-state index contributed by atoms with van der Waals surface area (Å²) >= 11 is 0.682. The Kier molecular flexibility index (Phi) is 4.26. The number of hydrogen-bond acceptors (Lipinski definition) is 4. The molecule has 98 valence electrons. The lowest BCUT2D eigenvalue weighted by Crippen LogP contribution is -2.31. The topological polar surface area (TPSA) is 70.9 Å². The van der Waals surface area contributed by atoms with Gasteiger partial charge in [-0.2, -0.15) is 13.2 Å². The van der Waals surface area contributed by atoms with Crippen LogP contribution in [0.25, 0.3) is 0 Å². The van der Waals surface area contributed by atoms with Crippen molar-refractivity contribution in [2.24, 2.45) is 0 Å². The second-order valence-corrected chi connectivity index (χ2v) is 4.63. The van der Waals surface area contributed by atoms with E-state index in [1.54, 1.807) is 13.8 Å². The molecular weight excluding hydrogens is 259 g/mol. The molecule has 1 aromatic rings. The quantitative estimate of drug-likeness (QED) is 0.806. The predicted octanol–water partition coefficient (Wildman–Crippen LogP) is 1.17. The van der Waals surface area contributed by atoms with Crippen molar-refractivity contribution in [2.75, 3.05) is 5.75 Å². The van der Waals surface area contributed by atoms with Crippen LogP contribution in [0, 0.1) is 0 Å². The Morgan fingerprint density at radius 2 is 2.12 bits per heavy atom. The zero-order valence-electron chi connectivity index (χ0n) is 9.15. The van der Waals surface area contributed by atoms with Gasteiger partial charge < -0.3 is 5.11 Å². The molecule has 0 aromatic carbocycles. The fourth-order valence-electron chi connectivity index (χ4n) is 1.10. The molecule has 0 saturated heterocycles. The van der Waals surface area contributed by atoms with Gasteiger partial charge in [0.1, 0.15) is 0 Å². The Hall–Kier alpha value is -0.960. The van der Waals surface area contributed by atoms with Gasteiger partial charge in [-0.05, 0) is 13.8 Å². The van der Waals surface area contributed by atoms with E-state index in [2.05, 4.69) is 10.2 Å². The Balaban J connectivity index is 2.74. The summed E-state index contributed by atoms with van der Waals surface area (Å²) in [5.41, 5.74) is -0.482. The predicted molar refractivity (Wildman–Crippen MR) is 56.0 cm³/mol. The van der Waals surface area contributed by atoms with E-state index in [0.29, 0.717) is 11.8 Å². The van der Waals surface area contributed by atoms with Crippen LogP contribution in [-0.4, -0.2) is 37.9 Å². The molecule has 0 radical (unpaired) electrons. The van der Waals surface area contributed by atoms with E-state index < -0.39 is 23.7 Å². The molecule has 9 heteroatoms. The monoisotopic (exact) mass is 271 g/mol. The van der Waals surface area contributed by atoms with Crippen LogP contribution in [0.4, 0.5) is 13.2 Å². The second-order valence-electron chi connectivity index (χ2n) is 3.64. The van der Waals surface area contributed by atoms with Crippen molar-refractivity contribution in [2.45, 2.75) is 37.3 Å². The Morgan fingerprint density at radius 3 is 2.59 bits per heavy atom. The fraction of sp³-hybridized carbons (Fsp3) is 0.750. The molecule has 1 rings (SSSR count). The first kappa shape index (κ1) is 14.1. The molecular formula is C8H12F3N3O2S. The van der Waals surface area contributed by atoms with Gasteiger partial charge in [0.05, 0.1) is 0 Å².